The molecule has 1 amide bonds. The van der Waals surface area contributed by atoms with Crippen LogP contribution in [-0.4, -0.2) is 12.2 Å². The van der Waals surface area contributed by atoms with Gasteiger partial charge in [-0.3, -0.25) is 5.32 Å². The minimum atomic E-state index is -0.346. The van der Waals surface area contributed by atoms with Crippen LogP contribution in [-0.2, 0) is 4.74 Å². The molecule has 0 unspecified atom stereocenters. The first-order valence-corrected chi connectivity index (χ1v) is 6.97. The first-order chi connectivity index (χ1) is 8.94. The van der Waals surface area contributed by atoms with Gasteiger partial charge in [0.25, 0.3) is 0 Å². The highest BCUT2D eigenvalue weighted by atomic mass is 16.6. The average molecular weight is 261 g/mol. The predicted octanol–water partition coefficient (Wildman–Crippen LogP) is 4.45. The molecule has 1 N–H and O–H groups in total. The molecule has 0 spiro atoms. The summed E-state index contributed by atoms with van der Waals surface area (Å²) in [6.45, 7) is 6.72. The van der Waals surface area contributed by atoms with Crippen LogP contribution in [0.5, 0.6) is 0 Å². The smallest absolute Gasteiger partial charge is 0.411 e. The molecule has 0 radical (unpaired) electrons. The zero-order valence-electron chi connectivity index (χ0n) is 12.0. The van der Waals surface area contributed by atoms with E-state index in [4.69, 9.17) is 4.74 Å². The van der Waals surface area contributed by atoms with Gasteiger partial charge >= 0.3 is 6.09 Å². The van der Waals surface area contributed by atoms with E-state index >= 15 is 0 Å². The maximum atomic E-state index is 11.9. The fraction of sp³-hybridized carbons (Fsp3) is 0.562. The number of benzene rings is 1. The van der Waals surface area contributed by atoms with Gasteiger partial charge in [0.1, 0.15) is 6.10 Å². The Morgan fingerprint density at radius 1 is 1.26 bits per heavy atom. The molecular formula is C16H23NO2. The van der Waals surface area contributed by atoms with Gasteiger partial charge in [0.15, 0.2) is 0 Å². The molecule has 3 heteroatoms. The number of nitrogens with one attached hydrogen (secondary N) is 1. The van der Waals surface area contributed by atoms with Crippen LogP contribution in [0.2, 0.25) is 0 Å². The monoisotopic (exact) mass is 261 g/mol. The molecule has 2 rings (SSSR count). The number of amides is 1. The van der Waals surface area contributed by atoms with E-state index in [-0.39, 0.29) is 17.6 Å². The van der Waals surface area contributed by atoms with E-state index in [0.717, 1.165) is 18.5 Å². The lowest BCUT2D eigenvalue weighted by molar-refractivity contribution is 0.0250. The molecule has 0 aliphatic heterocycles. The molecule has 0 bridgehead atoms. The Morgan fingerprint density at radius 2 is 1.95 bits per heavy atom. The molecule has 0 aromatic heterocycles. The van der Waals surface area contributed by atoms with Crippen molar-refractivity contribution >= 4 is 11.8 Å². The number of carbonyl (C=O) groups excluding carboxylic acids is 1. The van der Waals surface area contributed by atoms with Crippen molar-refractivity contribution in [2.45, 2.75) is 46.1 Å². The van der Waals surface area contributed by atoms with Crippen LogP contribution in [0.3, 0.4) is 0 Å². The standard InChI is InChI=1S/C16H23NO2/c1-12-9-14(11-16(2,3)10-12)19-15(18)17-13-7-5-4-6-8-13/h4-8,12,14H,9-11H2,1-3H3,(H,17,18)/t12-,14+/m0/s1. The van der Waals surface area contributed by atoms with Crippen LogP contribution in [0.15, 0.2) is 30.3 Å². The summed E-state index contributed by atoms with van der Waals surface area (Å²) >= 11 is 0. The number of rotatable bonds is 2. The topological polar surface area (TPSA) is 38.3 Å². The minimum absolute atomic E-state index is 0.0301. The molecule has 1 fully saturated rings. The summed E-state index contributed by atoms with van der Waals surface area (Å²) in [5.74, 6) is 0.610. The van der Waals surface area contributed by atoms with Crippen molar-refractivity contribution in [2.75, 3.05) is 5.32 Å². The zero-order valence-corrected chi connectivity index (χ0v) is 12.0. The van der Waals surface area contributed by atoms with Gasteiger partial charge in [0.2, 0.25) is 0 Å². The summed E-state index contributed by atoms with van der Waals surface area (Å²) in [6, 6.07) is 9.41. The largest absolute Gasteiger partial charge is 0.446 e. The van der Waals surface area contributed by atoms with Crippen molar-refractivity contribution in [1.29, 1.82) is 0 Å². The molecule has 2 atom stereocenters. The minimum Gasteiger partial charge on any atom is -0.446 e. The van der Waals surface area contributed by atoms with Crippen molar-refractivity contribution < 1.29 is 9.53 Å². The van der Waals surface area contributed by atoms with Gasteiger partial charge in [0, 0.05) is 5.69 Å². The van der Waals surface area contributed by atoms with Crippen LogP contribution in [0.25, 0.3) is 0 Å². The van der Waals surface area contributed by atoms with Crippen molar-refractivity contribution in [2.24, 2.45) is 11.3 Å². The lowest BCUT2D eigenvalue weighted by atomic mass is 9.71. The lowest BCUT2D eigenvalue weighted by Gasteiger charge is -2.38. The summed E-state index contributed by atoms with van der Waals surface area (Å²) < 4.78 is 5.55. The first-order valence-electron chi connectivity index (χ1n) is 6.97. The third kappa shape index (κ3) is 4.27. The third-order valence-electron chi connectivity index (χ3n) is 3.64. The predicted molar refractivity (Wildman–Crippen MR) is 77.1 cm³/mol. The second-order valence-electron chi connectivity index (χ2n) is 6.43. The number of ether oxygens (including phenoxy) is 1. The Bertz CT molecular complexity index is 428. The quantitative estimate of drug-likeness (QED) is 0.854. The number of hydrogen-bond donors (Lipinski definition) is 1. The molecule has 0 saturated heterocycles. The number of carbonyl (C=O) groups is 1. The molecule has 1 aliphatic rings. The summed E-state index contributed by atoms with van der Waals surface area (Å²) in [5.41, 5.74) is 1.03. The van der Waals surface area contributed by atoms with Crippen molar-refractivity contribution in [3.8, 4) is 0 Å². The van der Waals surface area contributed by atoms with E-state index in [0.29, 0.717) is 5.92 Å². The summed E-state index contributed by atoms with van der Waals surface area (Å²) in [5, 5.41) is 2.77. The van der Waals surface area contributed by atoms with Crippen molar-refractivity contribution in [1.82, 2.24) is 0 Å². The zero-order chi connectivity index (χ0) is 13.9. The van der Waals surface area contributed by atoms with E-state index in [2.05, 4.69) is 26.1 Å². The number of para-hydroxylation sites is 1. The summed E-state index contributed by atoms with van der Waals surface area (Å²) in [6.07, 6.45) is 2.79. The highest BCUT2D eigenvalue weighted by molar-refractivity contribution is 5.84. The second kappa shape index (κ2) is 5.64. The Kier molecular flexibility index (Phi) is 4.13. The fourth-order valence-electron chi connectivity index (χ4n) is 3.17. The maximum Gasteiger partial charge on any atom is 0.411 e. The van der Waals surface area contributed by atoms with Gasteiger partial charge in [0.05, 0.1) is 0 Å². The third-order valence-corrected chi connectivity index (χ3v) is 3.64. The number of hydrogen-bond acceptors (Lipinski definition) is 2. The fourth-order valence-corrected chi connectivity index (χ4v) is 3.17. The highest BCUT2D eigenvalue weighted by Crippen LogP contribution is 2.39. The van der Waals surface area contributed by atoms with Gasteiger partial charge in [-0.15, -0.1) is 0 Å². The van der Waals surface area contributed by atoms with E-state index in [9.17, 15) is 4.79 Å². The van der Waals surface area contributed by atoms with E-state index in [1.165, 1.54) is 6.42 Å². The van der Waals surface area contributed by atoms with E-state index in [1.807, 2.05) is 30.3 Å². The number of anilines is 1. The molecule has 19 heavy (non-hydrogen) atoms. The maximum absolute atomic E-state index is 11.9. The lowest BCUT2D eigenvalue weighted by Crippen LogP contribution is -2.34. The van der Waals surface area contributed by atoms with Crippen LogP contribution < -0.4 is 5.32 Å². The Hall–Kier alpha value is -1.51. The van der Waals surface area contributed by atoms with Gasteiger partial charge in [-0.05, 0) is 42.7 Å². The van der Waals surface area contributed by atoms with Gasteiger partial charge in [-0.1, -0.05) is 39.0 Å². The summed E-state index contributed by atoms with van der Waals surface area (Å²) in [4.78, 5) is 11.9. The van der Waals surface area contributed by atoms with Gasteiger partial charge in [-0.25, -0.2) is 4.79 Å². The van der Waals surface area contributed by atoms with E-state index in [1.54, 1.807) is 0 Å². The second-order valence-corrected chi connectivity index (χ2v) is 6.43. The Labute approximate surface area is 115 Å². The van der Waals surface area contributed by atoms with Crippen LogP contribution in [0, 0.1) is 11.3 Å². The Morgan fingerprint density at radius 3 is 2.58 bits per heavy atom. The van der Waals surface area contributed by atoms with E-state index < -0.39 is 0 Å². The average Bonchev–Trinajstić information content (AvgIpc) is 2.26. The van der Waals surface area contributed by atoms with Gasteiger partial charge < -0.3 is 4.74 Å². The first kappa shape index (κ1) is 13.9. The van der Waals surface area contributed by atoms with Crippen LogP contribution >= 0.6 is 0 Å². The van der Waals surface area contributed by atoms with Crippen molar-refractivity contribution in [3.63, 3.8) is 0 Å². The van der Waals surface area contributed by atoms with Crippen molar-refractivity contribution in [3.05, 3.63) is 30.3 Å². The van der Waals surface area contributed by atoms with Crippen LogP contribution in [0.4, 0.5) is 10.5 Å². The normalized spacial score (nSPS) is 25.6. The molecule has 1 aliphatic carbocycles. The summed E-state index contributed by atoms with van der Waals surface area (Å²) in [7, 11) is 0. The highest BCUT2D eigenvalue weighted by Gasteiger charge is 2.33. The molecule has 104 valence electrons. The van der Waals surface area contributed by atoms with Gasteiger partial charge in [-0.2, -0.15) is 0 Å². The molecular weight excluding hydrogens is 238 g/mol. The SMILES string of the molecule is C[C@H]1C[C@@H](OC(=O)Nc2ccccc2)CC(C)(C)C1. The molecule has 1 aromatic rings. The molecule has 1 saturated carbocycles. The Balaban J connectivity index is 1.88. The molecule has 1 aromatic carbocycles. The van der Waals surface area contributed by atoms with Crippen LogP contribution in [0.1, 0.15) is 40.0 Å². The molecule has 3 nitrogen and oxygen atoms in total. The molecule has 0 heterocycles.